The molecule has 7 heavy (non-hydrogen) atoms. The van der Waals surface area contributed by atoms with Gasteiger partial charge in [-0.05, 0) is 13.8 Å². The Morgan fingerprint density at radius 1 is 1.14 bits per heavy atom. The quantitative estimate of drug-likeness (QED) is 0.378. The highest BCUT2D eigenvalue weighted by Crippen LogP contribution is 1.56. The van der Waals surface area contributed by atoms with Crippen molar-refractivity contribution >= 4 is 0 Å². The van der Waals surface area contributed by atoms with Crippen molar-refractivity contribution in [3.05, 3.63) is 0 Å². The van der Waals surface area contributed by atoms with E-state index in [2.05, 4.69) is 26.2 Å². The molecule has 0 fully saturated rings. The minimum atomic E-state index is 0. The van der Waals surface area contributed by atoms with E-state index >= 15 is 0 Å². The van der Waals surface area contributed by atoms with E-state index in [-0.39, 0.29) is 24.8 Å². The molecule has 0 atom stereocenters. The zero-order valence-electron chi connectivity index (χ0n) is 4.91. The summed E-state index contributed by atoms with van der Waals surface area (Å²) in [5.41, 5.74) is 0. The Hall–Kier alpha value is 0.540. The van der Waals surface area contributed by atoms with Gasteiger partial charge in [0.1, 0.15) is 0 Å². The van der Waals surface area contributed by atoms with Gasteiger partial charge in [-0.15, -0.1) is 0 Å². The average Bonchev–Trinajstić information content (AvgIpc) is 1.38. The number of hydrogen-bond acceptors (Lipinski definition) is 0. The summed E-state index contributed by atoms with van der Waals surface area (Å²) in [6.07, 6.45) is 0. The summed E-state index contributed by atoms with van der Waals surface area (Å²) in [6, 6.07) is 0.759. The van der Waals surface area contributed by atoms with Crippen molar-refractivity contribution in [2.45, 2.75) is 19.9 Å². The third-order valence-corrected chi connectivity index (χ3v) is 0.667. The summed E-state index contributed by atoms with van der Waals surface area (Å²) in [7, 11) is 2.07. The molecule has 0 rings (SSSR count). The van der Waals surface area contributed by atoms with Gasteiger partial charge in [0.05, 0.1) is 13.1 Å². The second-order valence-electron chi connectivity index (χ2n) is 1.58. The Kier molecular flexibility index (Phi) is 21.8. The van der Waals surface area contributed by atoms with Crippen LogP contribution in [0.3, 0.4) is 0 Å². The van der Waals surface area contributed by atoms with Crippen molar-refractivity contribution < 1.29 is 30.1 Å². The SMILES string of the molecule is C[NH2+]C(C)C.[Cl-].[Cl-]. The number of rotatable bonds is 1. The van der Waals surface area contributed by atoms with Gasteiger partial charge in [-0.1, -0.05) is 0 Å². The first kappa shape index (κ1) is 15.6. The van der Waals surface area contributed by atoms with Crippen molar-refractivity contribution in [3.63, 3.8) is 0 Å². The van der Waals surface area contributed by atoms with Crippen LogP contribution in [0.15, 0.2) is 0 Å². The van der Waals surface area contributed by atoms with Crippen LogP contribution in [0.2, 0.25) is 0 Å². The van der Waals surface area contributed by atoms with Crippen LogP contribution < -0.4 is 30.1 Å². The smallest absolute Gasteiger partial charge is 0.0799 e. The normalized spacial score (nSPS) is 6.86. The molecule has 0 aliphatic heterocycles. The highest BCUT2D eigenvalue weighted by atomic mass is 35.5. The predicted molar refractivity (Wildman–Crippen MR) is 23.0 cm³/mol. The first-order chi connectivity index (χ1) is 2.27. The fourth-order valence-electron chi connectivity index (χ4n) is 0. The van der Waals surface area contributed by atoms with Crippen molar-refractivity contribution in [1.29, 1.82) is 0 Å². The molecular formula is C4H12Cl2N-. The fourth-order valence-corrected chi connectivity index (χ4v) is 0. The van der Waals surface area contributed by atoms with Crippen LogP contribution in [0.5, 0.6) is 0 Å². The Bertz CT molecular complexity index is 23.7. The molecule has 0 radical (unpaired) electrons. The molecule has 0 aromatic rings. The molecule has 1 nitrogen and oxygen atoms in total. The standard InChI is InChI=1S/C4H11N.2ClH/c1-4(2)5-3;;/h4-5H,1-3H3;2*1H/p-1. The van der Waals surface area contributed by atoms with Crippen molar-refractivity contribution in [2.24, 2.45) is 0 Å². The van der Waals surface area contributed by atoms with E-state index in [1.54, 1.807) is 0 Å². The van der Waals surface area contributed by atoms with Crippen LogP contribution >= 0.6 is 0 Å². The summed E-state index contributed by atoms with van der Waals surface area (Å²) in [5, 5.41) is 2.17. The maximum atomic E-state index is 2.17. The number of quaternary nitrogens is 1. The van der Waals surface area contributed by atoms with Crippen LogP contribution in [0.25, 0.3) is 0 Å². The number of halogens is 2. The van der Waals surface area contributed by atoms with Gasteiger partial charge in [0.15, 0.2) is 0 Å². The lowest BCUT2D eigenvalue weighted by Gasteiger charge is -1.91. The lowest BCUT2D eigenvalue weighted by molar-refractivity contribution is -0.656. The molecule has 0 saturated carbocycles. The van der Waals surface area contributed by atoms with Gasteiger partial charge in [0, 0.05) is 0 Å². The molecule has 2 N–H and O–H groups in total. The minimum absolute atomic E-state index is 0. The second-order valence-corrected chi connectivity index (χ2v) is 1.58. The molecule has 0 amide bonds. The second kappa shape index (κ2) is 9.74. The van der Waals surface area contributed by atoms with Crippen LogP contribution in [-0.2, 0) is 0 Å². The molecule has 0 saturated heterocycles. The van der Waals surface area contributed by atoms with Crippen molar-refractivity contribution in [3.8, 4) is 0 Å². The Labute approximate surface area is 57.7 Å². The highest BCUT2D eigenvalue weighted by Gasteiger charge is 1.81. The molecule has 0 aliphatic rings. The van der Waals surface area contributed by atoms with Crippen LogP contribution in [0.4, 0.5) is 0 Å². The first-order valence-electron chi connectivity index (χ1n) is 2.07. The average molecular weight is 145 g/mol. The third-order valence-electron chi connectivity index (χ3n) is 0.667. The maximum absolute atomic E-state index is 2.17. The van der Waals surface area contributed by atoms with Gasteiger partial charge in [-0.25, -0.2) is 0 Å². The zero-order chi connectivity index (χ0) is 4.28. The molecule has 0 heterocycles. The summed E-state index contributed by atoms with van der Waals surface area (Å²) in [6.45, 7) is 4.33. The van der Waals surface area contributed by atoms with Gasteiger partial charge in [0.2, 0.25) is 0 Å². The molecule has 0 aromatic carbocycles. The summed E-state index contributed by atoms with van der Waals surface area (Å²) in [4.78, 5) is 0. The molecule has 0 bridgehead atoms. The molecule has 3 heteroatoms. The predicted octanol–water partition coefficient (Wildman–Crippen LogP) is -6.40. The van der Waals surface area contributed by atoms with Gasteiger partial charge in [-0.3, -0.25) is 0 Å². The maximum Gasteiger partial charge on any atom is 0.0799 e. The molecule has 0 aliphatic carbocycles. The number of nitrogens with two attached hydrogens (primary N) is 1. The van der Waals surface area contributed by atoms with E-state index in [1.807, 2.05) is 0 Å². The highest BCUT2D eigenvalue weighted by molar-refractivity contribution is 4.20. The van der Waals surface area contributed by atoms with E-state index in [0.29, 0.717) is 0 Å². The van der Waals surface area contributed by atoms with Crippen LogP contribution in [0, 0.1) is 0 Å². The molecular weight excluding hydrogens is 133 g/mol. The van der Waals surface area contributed by atoms with Crippen molar-refractivity contribution in [2.75, 3.05) is 7.05 Å². The molecule has 48 valence electrons. The monoisotopic (exact) mass is 144 g/mol. The molecule has 0 unspecified atom stereocenters. The lowest BCUT2D eigenvalue weighted by Crippen LogP contribution is -3.00. The number of hydrogen-bond donors (Lipinski definition) is 1. The lowest BCUT2D eigenvalue weighted by atomic mass is 10.4. The van der Waals surface area contributed by atoms with Crippen molar-refractivity contribution in [1.82, 2.24) is 0 Å². The Morgan fingerprint density at radius 3 is 1.29 bits per heavy atom. The minimum Gasteiger partial charge on any atom is -1.00 e. The summed E-state index contributed by atoms with van der Waals surface area (Å²) in [5.74, 6) is 0. The summed E-state index contributed by atoms with van der Waals surface area (Å²) >= 11 is 0. The van der Waals surface area contributed by atoms with Gasteiger partial charge in [0.25, 0.3) is 0 Å². The van der Waals surface area contributed by atoms with Crippen LogP contribution in [-0.4, -0.2) is 13.1 Å². The molecule has 0 spiro atoms. The van der Waals surface area contributed by atoms with Gasteiger partial charge in [-0.2, -0.15) is 0 Å². The topological polar surface area (TPSA) is 16.6 Å². The van der Waals surface area contributed by atoms with Gasteiger partial charge >= 0.3 is 0 Å². The van der Waals surface area contributed by atoms with E-state index in [9.17, 15) is 0 Å². The Balaban J connectivity index is -0.0000000800. The van der Waals surface area contributed by atoms with E-state index in [4.69, 9.17) is 0 Å². The zero-order valence-corrected chi connectivity index (χ0v) is 6.42. The van der Waals surface area contributed by atoms with E-state index in [1.165, 1.54) is 0 Å². The summed E-state index contributed by atoms with van der Waals surface area (Å²) < 4.78 is 0. The third kappa shape index (κ3) is 20.9. The largest absolute Gasteiger partial charge is 1.00 e. The van der Waals surface area contributed by atoms with Gasteiger partial charge < -0.3 is 30.1 Å². The molecule has 0 aromatic heterocycles. The fraction of sp³-hybridized carbons (Fsp3) is 1.00. The first-order valence-corrected chi connectivity index (χ1v) is 2.07. The van der Waals surface area contributed by atoms with E-state index < -0.39 is 0 Å². The van der Waals surface area contributed by atoms with Crippen LogP contribution in [0.1, 0.15) is 13.8 Å². The Morgan fingerprint density at radius 2 is 1.29 bits per heavy atom. The van der Waals surface area contributed by atoms with E-state index in [0.717, 1.165) is 6.04 Å².